The zero-order valence-corrected chi connectivity index (χ0v) is 22.9. The van der Waals surface area contributed by atoms with E-state index in [1.165, 1.54) is 6.07 Å². The first-order chi connectivity index (χ1) is 18.1. The highest BCUT2D eigenvalue weighted by Gasteiger charge is 2.52. The highest BCUT2D eigenvalue weighted by atomic mass is 79.9. The Morgan fingerprint density at radius 1 is 1.08 bits per heavy atom. The monoisotopic (exact) mass is 647 g/mol. The number of carbonyl (C=O) groups is 2. The molecule has 1 aliphatic rings. The first-order valence-electron chi connectivity index (χ1n) is 11.6. The van der Waals surface area contributed by atoms with Gasteiger partial charge in [0.15, 0.2) is 5.96 Å². The van der Waals surface area contributed by atoms with Crippen molar-refractivity contribution in [2.75, 3.05) is 6.54 Å². The summed E-state index contributed by atoms with van der Waals surface area (Å²) in [5, 5.41) is 21.4. The third-order valence-electron chi connectivity index (χ3n) is 6.60. The zero-order valence-electron chi connectivity index (χ0n) is 19.7. The van der Waals surface area contributed by atoms with E-state index in [9.17, 15) is 19.5 Å². The van der Waals surface area contributed by atoms with Crippen LogP contribution in [0.3, 0.4) is 0 Å². The lowest BCUT2D eigenvalue weighted by molar-refractivity contribution is -0.143. The first-order valence-corrected chi connectivity index (χ1v) is 13.2. The molecule has 12 nitrogen and oxygen atoms in total. The van der Waals surface area contributed by atoms with Crippen molar-refractivity contribution in [2.24, 2.45) is 16.5 Å². The van der Waals surface area contributed by atoms with Gasteiger partial charge in [-0.2, -0.15) is 0 Å². The number of piperazine rings is 1. The number of carbonyl (C=O) groups excluding carboxylic acids is 2. The molecule has 9 N–H and O–H groups in total. The number of nitrogens with one attached hydrogen (secondary N) is 4. The van der Waals surface area contributed by atoms with Crippen LogP contribution >= 0.6 is 31.9 Å². The SMILES string of the molecule is NC(N)=NCCC[C@@H]1NC(=O)C(C(O)(c2c[nH]c3cc(Br)ccc23)c2c(Br)ccc3c(=O)o[nH]c23)NC1=O. The molecule has 14 heteroatoms. The molecule has 4 aromatic rings. The highest BCUT2D eigenvalue weighted by molar-refractivity contribution is 9.10. The van der Waals surface area contributed by atoms with E-state index in [0.717, 1.165) is 4.47 Å². The molecule has 38 heavy (non-hydrogen) atoms. The number of rotatable bonds is 7. The molecule has 0 spiro atoms. The minimum atomic E-state index is -2.15. The molecule has 5 rings (SSSR count). The number of benzene rings is 2. The number of hydrogen-bond donors (Lipinski definition) is 7. The van der Waals surface area contributed by atoms with E-state index in [1.807, 2.05) is 6.07 Å². The molecule has 2 unspecified atom stereocenters. The van der Waals surface area contributed by atoms with Crippen LogP contribution in [0.4, 0.5) is 0 Å². The van der Waals surface area contributed by atoms with Crippen LogP contribution in [0.5, 0.6) is 0 Å². The number of amides is 2. The molecule has 1 fully saturated rings. The number of nitrogens with zero attached hydrogens (tertiary/aromatic N) is 1. The second kappa shape index (κ2) is 9.93. The van der Waals surface area contributed by atoms with Gasteiger partial charge in [-0.25, -0.2) is 9.95 Å². The Hall–Kier alpha value is -3.62. The van der Waals surface area contributed by atoms with E-state index in [1.54, 1.807) is 24.4 Å². The second-order valence-electron chi connectivity index (χ2n) is 8.95. The van der Waals surface area contributed by atoms with Crippen LogP contribution in [0.1, 0.15) is 24.0 Å². The van der Waals surface area contributed by atoms with Crippen LogP contribution < -0.4 is 27.7 Å². The van der Waals surface area contributed by atoms with Crippen LogP contribution in [0, 0.1) is 0 Å². The minimum Gasteiger partial charge on any atom is -0.377 e. The van der Waals surface area contributed by atoms with Gasteiger partial charge in [0, 0.05) is 43.7 Å². The van der Waals surface area contributed by atoms with Gasteiger partial charge in [0.05, 0.1) is 10.9 Å². The fraction of sp³-hybridized carbons (Fsp3) is 0.250. The molecule has 3 heterocycles. The van der Waals surface area contributed by atoms with E-state index in [2.05, 4.69) is 57.6 Å². The normalized spacial score (nSPS) is 19.2. The predicted octanol–water partition coefficient (Wildman–Crippen LogP) is 1.40. The number of nitrogens with two attached hydrogens (primary N) is 2. The van der Waals surface area contributed by atoms with Gasteiger partial charge in [0.2, 0.25) is 11.8 Å². The summed E-state index contributed by atoms with van der Waals surface area (Å²) in [5.74, 6) is -1.15. The fourth-order valence-electron chi connectivity index (χ4n) is 4.86. The summed E-state index contributed by atoms with van der Waals surface area (Å²) < 4.78 is 6.20. The quantitative estimate of drug-likeness (QED) is 0.0890. The summed E-state index contributed by atoms with van der Waals surface area (Å²) in [7, 11) is 0. The molecule has 198 valence electrons. The molecule has 0 aliphatic carbocycles. The summed E-state index contributed by atoms with van der Waals surface area (Å²) in [6.45, 7) is 0.295. The molecule has 2 aromatic carbocycles. The maximum atomic E-state index is 13.6. The molecule has 3 atom stereocenters. The second-order valence-corrected chi connectivity index (χ2v) is 10.7. The smallest absolute Gasteiger partial charge is 0.365 e. The van der Waals surface area contributed by atoms with Crippen molar-refractivity contribution in [1.29, 1.82) is 0 Å². The van der Waals surface area contributed by atoms with Gasteiger partial charge in [-0.15, -0.1) is 0 Å². The molecule has 1 saturated heterocycles. The van der Waals surface area contributed by atoms with Crippen LogP contribution in [-0.4, -0.2) is 51.6 Å². The Kier molecular flexibility index (Phi) is 6.79. The van der Waals surface area contributed by atoms with Crippen molar-refractivity contribution < 1.29 is 19.2 Å². The third-order valence-corrected chi connectivity index (χ3v) is 7.75. The van der Waals surface area contributed by atoms with Gasteiger partial charge in [-0.3, -0.25) is 14.6 Å². The number of halogens is 2. The molecular formula is C24H23Br2N7O5. The van der Waals surface area contributed by atoms with E-state index in [4.69, 9.17) is 16.0 Å². The van der Waals surface area contributed by atoms with Crippen LogP contribution in [0.15, 0.2) is 59.8 Å². The number of aromatic amines is 2. The lowest BCUT2D eigenvalue weighted by atomic mass is 9.77. The summed E-state index contributed by atoms with van der Waals surface area (Å²) >= 11 is 6.91. The number of aliphatic imine (C=N–C) groups is 1. The summed E-state index contributed by atoms with van der Waals surface area (Å²) in [5.41, 5.74) is 9.21. The Morgan fingerprint density at radius 2 is 1.84 bits per heavy atom. The molecule has 0 saturated carbocycles. The van der Waals surface area contributed by atoms with E-state index in [0.29, 0.717) is 33.9 Å². The molecule has 2 amide bonds. The van der Waals surface area contributed by atoms with Crippen LogP contribution in [0.25, 0.3) is 21.8 Å². The van der Waals surface area contributed by atoms with Crippen LogP contribution in [-0.2, 0) is 15.2 Å². The molecule has 0 radical (unpaired) electrons. The van der Waals surface area contributed by atoms with E-state index >= 15 is 0 Å². The number of aliphatic hydroxyl groups is 1. The third kappa shape index (κ3) is 4.37. The van der Waals surface area contributed by atoms with Crippen LogP contribution in [0.2, 0.25) is 0 Å². The van der Waals surface area contributed by atoms with Crippen molar-refractivity contribution in [2.45, 2.75) is 30.5 Å². The fourth-order valence-corrected chi connectivity index (χ4v) is 5.85. The number of hydrogen-bond acceptors (Lipinski definition) is 6. The van der Waals surface area contributed by atoms with Crippen molar-refractivity contribution in [1.82, 2.24) is 20.8 Å². The number of guanidine groups is 1. The van der Waals surface area contributed by atoms with E-state index in [-0.39, 0.29) is 28.8 Å². The number of H-pyrrole nitrogens is 2. The molecule has 0 bridgehead atoms. The van der Waals surface area contributed by atoms with Gasteiger partial charge in [0.1, 0.15) is 17.7 Å². The zero-order chi connectivity index (χ0) is 27.2. The van der Waals surface area contributed by atoms with Gasteiger partial charge < -0.3 is 36.7 Å². The minimum absolute atomic E-state index is 0.0601. The maximum Gasteiger partial charge on any atom is 0.365 e. The maximum absolute atomic E-state index is 13.6. The van der Waals surface area contributed by atoms with E-state index < -0.39 is 35.1 Å². The van der Waals surface area contributed by atoms with Crippen molar-refractivity contribution in [3.05, 3.63) is 67.0 Å². The molecule has 1 aliphatic heterocycles. The summed E-state index contributed by atoms with van der Waals surface area (Å²) in [4.78, 5) is 46.1. The average Bonchev–Trinajstić information content (AvgIpc) is 3.46. The van der Waals surface area contributed by atoms with Gasteiger partial charge >= 0.3 is 5.63 Å². The average molecular weight is 649 g/mol. The Morgan fingerprint density at radius 3 is 2.61 bits per heavy atom. The van der Waals surface area contributed by atoms with Gasteiger partial charge in [-0.1, -0.05) is 37.9 Å². The summed E-state index contributed by atoms with van der Waals surface area (Å²) in [6.07, 6.45) is 2.31. The van der Waals surface area contributed by atoms with Crippen molar-refractivity contribution in [3.63, 3.8) is 0 Å². The Balaban J connectivity index is 1.63. The van der Waals surface area contributed by atoms with Gasteiger partial charge in [-0.05, 0) is 37.1 Å². The standard InChI is InChI=1S/C24H23Br2N7O5/c25-10-3-4-11-13(9-30-16(11)8-10)24(37,17-14(26)6-5-12-18(17)33-38-22(12)36)19-21(35)31-15(20(34)32-19)2-1-7-29-23(27)28/h3-6,8-9,15,19,30,33,37H,1-2,7H2,(H,31,35)(H,32,34)(H4,27,28,29)/t15-,19?,24?/m0/s1. The highest BCUT2D eigenvalue weighted by Crippen LogP contribution is 2.44. The lowest BCUT2D eigenvalue weighted by Crippen LogP contribution is -2.68. The summed E-state index contributed by atoms with van der Waals surface area (Å²) in [6, 6.07) is 6.19. The van der Waals surface area contributed by atoms with Crippen molar-refractivity contribution >= 4 is 71.4 Å². The molecule has 2 aromatic heterocycles. The van der Waals surface area contributed by atoms with Gasteiger partial charge in [0.25, 0.3) is 0 Å². The Labute approximate surface area is 231 Å². The molecular weight excluding hydrogens is 626 g/mol. The largest absolute Gasteiger partial charge is 0.377 e. The van der Waals surface area contributed by atoms with Crippen molar-refractivity contribution in [3.8, 4) is 0 Å². The number of aromatic nitrogens is 2. The predicted molar refractivity (Wildman–Crippen MR) is 147 cm³/mol. The lowest BCUT2D eigenvalue weighted by Gasteiger charge is -2.40. The topological polar surface area (TPSA) is 205 Å². The Bertz CT molecular complexity index is 1650. The number of fused-ring (bicyclic) bond motifs is 2. The first kappa shape index (κ1) is 26.0.